The average Bonchev–Trinajstić information content (AvgIpc) is 2.65. The Hall–Kier alpha value is -2.04. The highest BCUT2D eigenvalue weighted by Gasteiger charge is 2.13. The molecular formula is C10H10N4O. The van der Waals surface area contributed by atoms with Gasteiger partial charge in [0.05, 0.1) is 23.0 Å². The van der Waals surface area contributed by atoms with E-state index in [4.69, 9.17) is 0 Å². The van der Waals surface area contributed by atoms with Gasteiger partial charge in [-0.2, -0.15) is 5.10 Å². The number of ketones is 1. The lowest BCUT2D eigenvalue weighted by molar-refractivity contribution is 0.103. The SMILES string of the molecule is Cc1ncncc1C(=O)c1cnn(C)c1. The Bertz CT molecular complexity index is 504. The number of nitrogens with zero attached hydrogens (tertiary/aromatic N) is 4. The van der Waals surface area contributed by atoms with Gasteiger partial charge < -0.3 is 0 Å². The third kappa shape index (κ3) is 1.76. The molecule has 0 aromatic carbocycles. The zero-order chi connectivity index (χ0) is 10.8. The Morgan fingerprint density at radius 1 is 1.40 bits per heavy atom. The Kier molecular flexibility index (Phi) is 2.29. The molecule has 76 valence electrons. The van der Waals surface area contributed by atoms with Gasteiger partial charge in [-0.25, -0.2) is 9.97 Å². The van der Waals surface area contributed by atoms with Crippen LogP contribution < -0.4 is 0 Å². The van der Waals surface area contributed by atoms with Crippen molar-refractivity contribution in [3.05, 3.63) is 41.7 Å². The van der Waals surface area contributed by atoms with Crippen molar-refractivity contribution in [2.45, 2.75) is 6.92 Å². The number of carbonyl (C=O) groups is 1. The van der Waals surface area contributed by atoms with Crippen LogP contribution >= 0.6 is 0 Å². The van der Waals surface area contributed by atoms with Gasteiger partial charge in [-0.05, 0) is 6.92 Å². The van der Waals surface area contributed by atoms with Crippen LogP contribution in [0.2, 0.25) is 0 Å². The van der Waals surface area contributed by atoms with E-state index < -0.39 is 0 Å². The van der Waals surface area contributed by atoms with Crippen LogP contribution in [0.3, 0.4) is 0 Å². The van der Waals surface area contributed by atoms with Gasteiger partial charge in [-0.1, -0.05) is 0 Å². The topological polar surface area (TPSA) is 60.7 Å². The van der Waals surface area contributed by atoms with E-state index in [0.29, 0.717) is 16.8 Å². The van der Waals surface area contributed by atoms with E-state index in [1.54, 1.807) is 24.9 Å². The molecule has 0 radical (unpaired) electrons. The van der Waals surface area contributed by atoms with E-state index in [0.717, 1.165) is 0 Å². The molecule has 0 aliphatic heterocycles. The van der Waals surface area contributed by atoms with Crippen LogP contribution in [-0.2, 0) is 7.05 Å². The van der Waals surface area contributed by atoms with Gasteiger partial charge in [0.1, 0.15) is 6.33 Å². The molecule has 5 nitrogen and oxygen atoms in total. The van der Waals surface area contributed by atoms with Crippen molar-refractivity contribution in [3.8, 4) is 0 Å². The van der Waals surface area contributed by atoms with Gasteiger partial charge in [0.2, 0.25) is 0 Å². The molecule has 2 rings (SSSR count). The summed E-state index contributed by atoms with van der Waals surface area (Å²) >= 11 is 0. The van der Waals surface area contributed by atoms with E-state index in [2.05, 4.69) is 15.1 Å². The number of hydrogen-bond acceptors (Lipinski definition) is 4. The summed E-state index contributed by atoms with van der Waals surface area (Å²) in [5.41, 5.74) is 1.75. The van der Waals surface area contributed by atoms with E-state index in [-0.39, 0.29) is 5.78 Å². The first-order chi connectivity index (χ1) is 7.18. The minimum Gasteiger partial charge on any atom is -0.288 e. The van der Waals surface area contributed by atoms with Gasteiger partial charge >= 0.3 is 0 Å². The number of rotatable bonds is 2. The highest BCUT2D eigenvalue weighted by Crippen LogP contribution is 2.09. The molecule has 0 bridgehead atoms. The van der Waals surface area contributed by atoms with Crippen molar-refractivity contribution in [2.75, 3.05) is 0 Å². The smallest absolute Gasteiger partial charge is 0.199 e. The monoisotopic (exact) mass is 202 g/mol. The summed E-state index contributed by atoms with van der Waals surface area (Å²) in [4.78, 5) is 19.8. The lowest BCUT2D eigenvalue weighted by atomic mass is 10.1. The summed E-state index contributed by atoms with van der Waals surface area (Å²) in [5.74, 6) is -0.0961. The van der Waals surface area contributed by atoms with Crippen LogP contribution in [0.4, 0.5) is 0 Å². The Labute approximate surface area is 86.8 Å². The minimum absolute atomic E-state index is 0.0961. The molecule has 0 saturated carbocycles. The molecule has 0 N–H and O–H groups in total. The fourth-order valence-electron chi connectivity index (χ4n) is 1.31. The molecule has 0 amide bonds. The summed E-state index contributed by atoms with van der Waals surface area (Å²) in [6.45, 7) is 1.78. The van der Waals surface area contributed by atoms with E-state index in [9.17, 15) is 4.79 Å². The molecule has 0 unspecified atom stereocenters. The summed E-state index contributed by atoms with van der Waals surface area (Å²) in [6, 6.07) is 0. The molecule has 0 saturated heterocycles. The highest BCUT2D eigenvalue weighted by atomic mass is 16.1. The standard InChI is InChI=1S/C10H10N4O/c1-7-9(4-11-6-12-7)10(15)8-3-13-14(2)5-8/h3-6H,1-2H3. The maximum Gasteiger partial charge on any atom is 0.199 e. The molecule has 0 aliphatic carbocycles. The van der Waals surface area contributed by atoms with Crippen molar-refractivity contribution in [1.29, 1.82) is 0 Å². The largest absolute Gasteiger partial charge is 0.288 e. The van der Waals surface area contributed by atoms with Crippen LogP contribution in [0.1, 0.15) is 21.6 Å². The lowest BCUT2D eigenvalue weighted by Crippen LogP contribution is -2.04. The summed E-state index contributed by atoms with van der Waals surface area (Å²) in [7, 11) is 1.77. The average molecular weight is 202 g/mol. The van der Waals surface area contributed by atoms with Gasteiger partial charge in [0, 0.05) is 19.4 Å². The first kappa shape index (κ1) is 9.51. The molecule has 2 heterocycles. The molecule has 2 aromatic rings. The van der Waals surface area contributed by atoms with E-state index in [1.807, 2.05) is 0 Å². The van der Waals surface area contributed by atoms with Crippen LogP contribution in [-0.4, -0.2) is 25.5 Å². The molecule has 0 spiro atoms. The van der Waals surface area contributed by atoms with E-state index >= 15 is 0 Å². The number of aryl methyl sites for hydroxylation is 2. The zero-order valence-corrected chi connectivity index (χ0v) is 8.51. The van der Waals surface area contributed by atoms with Crippen molar-refractivity contribution in [1.82, 2.24) is 19.7 Å². The second kappa shape index (κ2) is 3.61. The Balaban J connectivity index is 2.41. The van der Waals surface area contributed by atoms with E-state index in [1.165, 1.54) is 18.7 Å². The maximum atomic E-state index is 11.9. The zero-order valence-electron chi connectivity index (χ0n) is 8.51. The molecule has 0 aliphatic rings. The number of carbonyl (C=O) groups excluding carboxylic acids is 1. The second-order valence-electron chi connectivity index (χ2n) is 3.25. The van der Waals surface area contributed by atoms with Gasteiger partial charge in [-0.15, -0.1) is 0 Å². The summed E-state index contributed by atoms with van der Waals surface area (Å²) in [6.07, 6.45) is 6.16. The van der Waals surface area contributed by atoms with Crippen LogP contribution in [0.5, 0.6) is 0 Å². The summed E-state index contributed by atoms with van der Waals surface area (Å²) in [5, 5.41) is 3.95. The number of aromatic nitrogens is 4. The molecule has 2 aromatic heterocycles. The predicted molar refractivity (Wildman–Crippen MR) is 53.4 cm³/mol. The molecule has 15 heavy (non-hydrogen) atoms. The molecule has 0 fully saturated rings. The van der Waals surface area contributed by atoms with Crippen molar-refractivity contribution in [3.63, 3.8) is 0 Å². The molecular weight excluding hydrogens is 192 g/mol. The fraction of sp³-hybridized carbons (Fsp3) is 0.200. The Morgan fingerprint density at radius 3 is 2.80 bits per heavy atom. The molecule has 0 atom stereocenters. The molecule has 5 heteroatoms. The lowest BCUT2D eigenvalue weighted by Gasteiger charge is -1.99. The quantitative estimate of drug-likeness (QED) is 0.674. The van der Waals surface area contributed by atoms with Crippen LogP contribution in [0.25, 0.3) is 0 Å². The predicted octanol–water partition coefficient (Wildman–Crippen LogP) is 0.750. The van der Waals surface area contributed by atoms with Crippen molar-refractivity contribution < 1.29 is 4.79 Å². The minimum atomic E-state index is -0.0961. The first-order valence-corrected chi connectivity index (χ1v) is 4.48. The first-order valence-electron chi connectivity index (χ1n) is 4.48. The third-order valence-corrected chi connectivity index (χ3v) is 2.12. The van der Waals surface area contributed by atoms with Gasteiger partial charge in [-0.3, -0.25) is 9.48 Å². The second-order valence-corrected chi connectivity index (χ2v) is 3.25. The number of hydrogen-bond donors (Lipinski definition) is 0. The normalized spacial score (nSPS) is 10.3. The maximum absolute atomic E-state index is 11.9. The van der Waals surface area contributed by atoms with Gasteiger partial charge in [0.15, 0.2) is 5.78 Å². The van der Waals surface area contributed by atoms with Crippen molar-refractivity contribution >= 4 is 5.78 Å². The van der Waals surface area contributed by atoms with Gasteiger partial charge in [0.25, 0.3) is 0 Å². The van der Waals surface area contributed by atoms with Crippen molar-refractivity contribution in [2.24, 2.45) is 7.05 Å². The fourth-order valence-corrected chi connectivity index (χ4v) is 1.31. The van der Waals surface area contributed by atoms with Crippen LogP contribution in [0, 0.1) is 6.92 Å². The highest BCUT2D eigenvalue weighted by molar-refractivity contribution is 6.09. The summed E-state index contributed by atoms with van der Waals surface area (Å²) < 4.78 is 1.59. The van der Waals surface area contributed by atoms with Crippen LogP contribution in [0.15, 0.2) is 24.9 Å². The third-order valence-electron chi connectivity index (χ3n) is 2.12. The Morgan fingerprint density at radius 2 is 2.20 bits per heavy atom.